The lowest BCUT2D eigenvalue weighted by Crippen LogP contribution is -2.39. The minimum absolute atomic E-state index is 0.0451. The van der Waals surface area contributed by atoms with Crippen LogP contribution in [0.5, 0.6) is 5.75 Å². The van der Waals surface area contributed by atoms with Crippen molar-refractivity contribution in [1.29, 1.82) is 0 Å². The van der Waals surface area contributed by atoms with Gasteiger partial charge in [-0.05, 0) is 49.4 Å². The third-order valence-corrected chi connectivity index (χ3v) is 3.81. The van der Waals surface area contributed by atoms with Crippen LogP contribution in [0.4, 0.5) is 0 Å². The number of hydrogen-bond donors (Lipinski definition) is 2. The van der Waals surface area contributed by atoms with Crippen LogP contribution in [0.3, 0.4) is 0 Å². The van der Waals surface area contributed by atoms with E-state index in [2.05, 4.69) is 0 Å². The monoisotopic (exact) mass is 277 g/mol. The van der Waals surface area contributed by atoms with Crippen LogP contribution in [0.15, 0.2) is 18.2 Å². The van der Waals surface area contributed by atoms with E-state index in [9.17, 15) is 14.7 Å². The summed E-state index contributed by atoms with van der Waals surface area (Å²) < 4.78 is 0. The first-order chi connectivity index (χ1) is 9.47. The van der Waals surface area contributed by atoms with Gasteiger partial charge in [0.05, 0.1) is 0 Å². The number of carbonyl (C=O) groups is 2. The first-order valence-electron chi connectivity index (χ1n) is 6.78. The van der Waals surface area contributed by atoms with E-state index < -0.39 is 5.97 Å². The van der Waals surface area contributed by atoms with Crippen molar-refractivity contribution in [1.82, 2.24) is 4.90 Å². The Bertz CT molecular complexity index is 519. The fraction of sp³-hybridized carbons (Fsp3) is 0.467. The maximum absolute atomic E-state index is 12.4. The summed E-state index contributed by atoms with van der Waals surface area (Å²) in [6.45, 7) is 2.98. The molecule has 0 atom stereocenters. The van der Waals surface area contributed by atoms with Crippen LogP contribution in [-0.2, 0) is 4.79 Å². The van der Waals surface area contributed by atoms with Crippen LogP contribution in [0.25, 0.3) is 0 Å². The van der Waals surface area contributed by atoms with Crippen molar-refractivity contribution in [2.45, 2.75) is 26.2 Å². The SMILES string of the molecule is Cc1cc(O)ccc1C(=O)N1CCC(CC(=O)O)CC1. The smallest absolute Gasteiger partial charge is 0.303 e. The van der Waals surface area contributed by atoms with Gasteiger partial charge in [-0.1, -0.05) is 0 Å². The van der Waals surface area contributed by atoms with Crippen LogP contribution in [0.2, 0.25) is 0 Å². The van der Waals surface area contributed by atoms with E-state index in [1.807, 2.05) is 0 Å². The second-order valence-electron chi connectivity index (χ2n) is 5.33. The van der Waals surface area contributed by atoms with Gasteiger partial charge in [0.2, 0.25) is 0 Å². The second-order valence-corrected chi connectivity index (χ2v) is 5.33. The Kier molecular flexibility index (Phi) is 4.27. The number of aliphatic carboxylic acids is 1. The number of phenolic OH excluding ortho intramolecular Hbond substituents is 1. The fourth-order valence-corrected chi connectivity index (χ4v) is 2.65. The van der Waals surface area contributed by atoms with Crippen LogP contribution in [-0.4, -0.2) is 40.1 Å². The molecule has 108 valence electrons. The summed E-state index contributed by atoms with van der Waals surface area (Å²) in [5.41, 5.74) is 1.35. The number of likely N-dealkylation sites (tertiary alicyclic amines) is 1. The van der Waals surface area contributed by atoms with E-state index in [0.29, 0.717) is 18.7 Å². The molecule has 0 bridgehead atoms. The molecule has 5 heteroatoms. The number of nitrogens with zero attached hydrogens (tertiary/aromatic N) is 1. The van der Waals surface area contributed by atoms with Gasteiger partial charge >= 0.3 is 5.97 Å². The molecule has 1 aliphatic heterocycles. The molecular weight excluding hydrogens is 258 g/mol. The number of aryl methyl sites for hydroxylation is 1. The van der Waals surface area contributed by atoms with Crippen molar-refractivity contribution in [3.63, 3.8) is 0 Å². The van der Waals surface area contributed by atoms with Crippen molar-refractivity contribution in [3.8, 4) is 5.75 Å². The van der Waals surface area contributed by atoms with E-state index in [-0.39, 0.29) is 24.0 Å². The zero-order chi connectivity index (χ0) is 14.7. The average molecular weight is 277 g/mol. The Morgan fingerprint density at radius 2 is 1.95 bits per heavy atom. The van der Waals surface area contributed by atoms with Crippen LogP contribution < -0.4 is 0 Å². The number of amides is 1. The van der Waals surface area contributed by atoms with Crippen LogP contribution in [0, 0.1) is 12.8 Å². The second kappa shape index (κ2) is 5.94. The van der Waals surface area contributed by atoms with Gasteiger partial charge < -0.3 is 15.1 Å². The van der Waals surface area contributed by atoms with Gasteiger partial charge in [0.1, 0.15) is 5.75 Å². The Morgan fingerprint density at radius 3 is 2.50 bits per heavy atom. The van der Waals surface area contributed by atoms with Gasteiger partial charge in [-0.25, -0.2) is 0 Å². The largest absolute Gasteiger partial charge is 0.508 e. The quantitative estimate of drug-likeness (QED) is 0.886. The molecule has 1 amide bonds. The summed E-state index contributed by atoms with van der Waals surface area (Å²) in [5.74, 6) is -0.503. The molecule has 1 aromatic rings. The fourth-order valence-electron chi connectivity index (χ4n) is 2.65. The summed E-state index contributed by atoms with van der Waals surface area (Å²) in [6, 6.07) is 4.72. The predicted molar refractivity (Wildman–Crippen MR) is 73.7 cm³/mol. The van der Waals surface area contributed by atoms with Gasteiger partial charge in [-0.3, -0.25) is 9.59 Å². The van der Waals surface area contributed by atoms with Crippen molar-refractivity contribution in [2.75, 3.05) is 13.1 Å². The van der Waals surface area contributed by atoms with Gasteiger partial charge in [-0.2, -0.15) is 0 Å². The number of carboxylic acids is 1. The summed E-state index contributed by atoms with van der Waals surface area (Å²) in [4.78, 5) is 24.8. The highest BCUT2D eigenvalue weighted by Gasteiger charge is 2.25. The highest BCUT2D eigenvalue weighted by atomic mass is 16.4. The molecule has 0 saturated carbocycles. The maximum atomic E-state index is 12.4. The zero-order valence-electron chi connectivity index (χ0n) is 11.5. The lowest BCUT2D eigenvalue weighted by Gasteiger charge is -2.31. The predicted octanol–water partition coefficient (Wildman–Crippen LogP) is 2.03. The standard InChI is InChI=1S/C15H19NO4/c1-10-8-12(17)2-3-13(10)15(20)16-6-4-11(5-7-16)9-14(18)19/h2-3,8,11,17H,4-7,9H2,1H3,(H,18,19). The van der Waals surface area contributed by atoms with Crippen LogP contribution >= 0.6 is 0 Å². The van der Waals surface area contributed by atoms with Crippen molar-refractivity contribution in [2.24, 2.45) is 5.92 Å². The number of benzene rings is 1. The molecule has 1 heterocycles. The third-order valence-electron chi connectivity index (χ3n) is 3.81. The minimum Gasteiger partial charge on any atom is -0.508 e. The van der Waals surface area contributed by atoms with E-state index in [0.717, 1.165) is 18.4 Å². The number of phenols is 1. The Hall–Kier alpha value is -2.04. The van der Waals surface area contributed by atoms with Crippen molar-refractivity contribution >= 4 is 11.9 Å². The molecule has 1 aromatic carbocycles. The summed E-state index contributed by atoms with van der Waals surface area (Å²) in [7, 11) is 0. The maximum Gasteiger partial charge on any atom is 0.303 e. The molecule has 0 radical (unpaired) electrons. The summed E-state index contributed by atoms with van der Waals surface area (Å²) in [5, 5.41) is 18.1. The number of aromatic hydroxyl groups is 1. The van der Waals surface area contributed by atoms with E-state index in [4.69, 9.17) is 5.11 Å². The van der Waals surface area contributed by atoms with Gasteiger partial charge in [0.25, 0.3) is 5.91 Å². The summed E-state index contributed by atoms with van der Waals surface area (Å²) >= 11 is 0. The number of piperidine rings is 1. The molecule has 1 fully saturated rings. The molecule has 0 spiro atoms. The molecule has 0 unspecified atom stereocenters. The van der Waals surface area contributed by atoms with Gasteiger partial charge in [-0.15, -0.1) is 0 Å². The number of hydrogen-bond acceptors (Lipinski definition) is 3. The number of rotatable bonds is 3. The zero-order valence-corrected chi connectivity index (χ0v) is 11.5. The summed E-state index contributed by atoms with van der Waals surface area (Å²) in [6.07, 6.45) is 1.64. The Labute approximate surface area is 117 Å². The molecule has 1 aliphatic rings. The molecule has 2 N–H and O–H groups in total. The van der Waals surface area contributed by atoms with Gasteiger partial charge in [0, 0.05) is 25.1 Å². The lowest BCUT2D eigenvalue weighted by atomic mass is 9.93. The van der Waals surface area contributed by atoms with E-state index >= 15 is 0 Å². The normalized spacial score (nSPS) is 16.1. The average Bonchev–Trinajstić information content (AvgIpc) is 2.38. The molecule has 0 aromatic heterocycles. The Morgan fingerprint density at radius 1 is 1.30 bits per heavy atom. The lowest BCUT2D eigenvalue weighted by molar-refractivity contribution is -0.138. The topological polar surface area (TPSA) is 77.8 Å². The Balaban J connectivity index is 1.99. The number of carboxylic acid groups (broad SMARTS) is 1. The third kappa shape index (κ3) is 3.29. The first kappa shape index (κ1) is 14.4. The minimum atomic E-state index is -0.774. The molecule has 5 nitrogen and oxygen atoms in total. The highest BCUT2D eigenvalue weighted by Crippen LogP contribution is 2.23. The van der Waals surface area contributed by atoms with Crippen molar-refractivity contribution < 1.29 is 19.8 Å². The van der Waals surface area contributed by atoms with Crippen LogP contribution in [0.1, 0.15) is 35.2 Å². The van der Waals surface area contributed by atoms with Gasteiger partial charge in [0.15, 0.2) is 0 Å². The van der Waals surface area contributed by atoms with Crippen molar-refractivity contribution in [3.05, 3.63) is 29.3 Å². The number of carbonyl (C=O) groups excluding carboxylic acids is 1. The highest BCUT2D eigenvalue weighted by molar-refractivity contribution is 5.95. The molecule has 20 heavy (non-hydrogen) atoms. The molecular formula is C15H19NO4. The first-order valence-corrected chi connectivity index (χ1v) is 6.78. The molecule has 2 rings (SSSR count). The van der Waals surface area contributed by atoms with E-state index in [1.165, 1.54) is 6.07 Å². The van der Waals surface area contributed by atoms with E-state index in [1.54, 1.807) is 24.0 Å². The molecule has 0 aliphatic carbocycles. The molecule has 1 saturated heterocycles.